The minimum atomic E-state index is 0.931. The van der Waals surface area contributed by atoms with Gasteiger partial charge < -0.3 is 5.32 Å². The predicted molar refractivity (Wildman–Crippen MR) is 43.2 cm³/mol. The number of rotatable bonds is 5. The van der Waals surface area contributed by atoms with Gasteiger partial charge in [-0.2, -0.15) is 5.10 Å². The Hall–Kier alpha value is -0.900. The summed E-state index contributed by atoms with van der Waals surface area (Å²) < 4.78 is 0. The molecule has 1 rings (SSSR count). The SMILES string of the molecule is CCCNCCc1ncn[nH]1. The van der Waals surface area contributed by atoms with Gasteiger partial charge in [-0.25, -0.2) is 4.98 Å². The highest BCUT2D eigenvalue weighted by Gasteiger charge is 1.92. The fraction of sp³-hybridized carbons (Fsp3) is 0.714. The van der Waals surface area contributed by atoms with E-state index in [0.717, 1.165) is 25.3 Å². The van der Waals surface area contributed by atoms with Gasteiger partial charge >= 0.3 is 0 Å². The molecule has 0 unspecified atom stereocenters. The molecule has 0 aliphatic heterocycles. The van der Waals surface area contributed by atoms with Crippen molar-refractivity contribution in [2.24, 2.45) is 0 Å². The van der Waals surface area contributed by atoms with Crippen molar-refractivity contribution >= 4 is 0 Å². The summed E-state index contributed by atoms with van der Waals surface area (Å²) in [5.41, 5.74) is 0. The molecular weight excluding hydrogens is 140 g/mol. The van der Waals surface area contributed by atoms with Crippen LogP contribution in [0.15, 0.2) is 6.33 Å². The molecule has 0 bridgehead atoms. The Bertz CT molecular complexity index is 171. The van der Waals surface area contributed by atoms with Crippen molar-refractivity contribution in [3.63, 3.8) is 0 Å². The van der Waals surface area contributed by atoms with Crippen molar-refractivity contribution in [2.45, 2.75) is 19.8 Å². The number of nitrogens with zero attached hydrogens (tertiary/aromatic N) is 2. The minimum Gasteiger partial charge on any atom is -0.316 e. The fourth-order valence-electron chi connectivity index (χ4n) is 0.860. The van der Waals surface area contributed by atoms with E-state index in [0.29, 0.717) is 0 Å². The van der Waals surface area contributed by atoms with E-state index >= 15 is 0 Å². The maximum Gasteiger partial charge on any atom is 0.137 e. The van der Waals surface area contributed by atoms with Gasteiger partial charge in [0.25, 0.3) is 0 Å². The second-order valence-electron chi connectivity index (χ2n) is 2.43. The summed E-state index contributed by atoms with van der Waals surface area (Å²) in [5.74, 6) is 0.952. The van der Waals surface area contributed by atoms with Crippen LogP contribution in [0, 0.1) is 0 Å². The fourth-order valence-corrected chi connectivity index (χ4v) is 0.860. The zero-order valence-electron chi connectivity index (χ0n) is 6.80. The molecule has 1 aromatic heterocycles. The first-order chi connectivity index (χ1) is 5.43. The lowest BCUT2D eigenvalue weighted by Crippen LogP contribution is -2.18. The minimum absolute atomic E-state index is 0.931. The average molecular weight is 154 g/mol. The van der Waals surface area contributed by atoms with Crippen LogP contribution in [0.3, 0.4) is 0 Å². The van der Waals surface area contributed by atoms with Gasteiger partial charge in [-0.1, -0.05) is 6.92 Å². The van der Waals surface area contributed by atoms with E-state index in [9.17, 15) is 0 Å². The first-order valence-electron chi connectivity index (χ1n) is 3.98. The number of aromatic nitrogens is 3. The van der Waals surface area contributed by atoms with E-state index in [1.54, 1.807) is 0 Å². The molecule has 0 spiro atoms. The molecule has 0 saturated heterocycles. The Kier molecular flexibility index (Phi) is 3.61. The van der Waals surface area contributed by atoms with Crippen LogP contribution in [0.25, 0.3) is 0 Å². The third-order valence-electron chi connectivity index (χ3n) is 1.43. The summed E-state index contributed by atoms with van der Waals surface area (Å²) in [6.07, 6.45) is 3.64. The van der Waals surface area contributed by atoms with Crippen LogP contribution < -0.4 is 5.32 Å². The molecule has 11 heavy (non-hydrogen) atoms. The van der Waals surface area contributed by atoms with E-state index in [1.807, 2.05) is 0 Å². The van der Waals surface area contributed by atoms with Gasteiger partial charge in [0.05, 0.1) is 0 Å². The molecule has 4 nitrogen and oxygen atoms in total. The zero-order valence-corrected chi connectivity index (χ0v) is 6.80. The Morgan fingerprint density at radius 2 is 2.45 bits per heavy atom. The van der Waals surface area contributed by atoms with Gasteiger partial charge in [0.1, 0.15) is 12.2 Å². The number of H-pyrrole nitrogens is 1. The van der Waals surface area contributed by atoms with Crippen LogP contribution in [0.2, 0.25) is 0 Å². The molecule has 0 saturated carbocycles. The van der Waals surface area contributed by atoms with Crippen molar-refractivity contribution in [2.75, 3.05) is 13.1 Å². The standard InChI is InChI=1S/C7H14N4/c1-2-4-8-5-3-7-9-6-10-11-7/h6,8H,2-5H2,1H3,(H,9,10,11). The number of hydrogen-bond acceptors (Lipinski definition) is 3. The normalized spacial score (nSPS) is 10.3. The first kappa shape index (κ1) is 8.20. The third kappa shape index (κ3) is 3.13. The van der Waals surface area contributed by atoms with Crippen molar-refractivity contribution < 1.29 is 0 Å². The summed E-state index contributed by atoms with van der Waals surface area (Å²) in [4.78, 5) is 4.01. The average Bonchev–Trinajstić information content (AvgIpc) is 2.50. The highest BCUT2D eigenvalue weighted by atomic mass is 15.2. The monoisotopic (exact) mass is 154 g/mol. The summed E-state index contributed by atoms with van der Waals surface area (Å²) in [6, 6.07) is 0. The van der Waals surface area contributed by atoms with Gasteiger partial charge in [-0.3, -0.25) is 5.10 Å². The molecule has 4 heteroatoms. The molecular formula is C7H14N4. The van der Waals surface area contributed by atoms with Crippen molar-refractivity contribution in [1.29, 1.82) is 0 Å². The lowest BCUT2D eigenvalue weighted by Gasteiger charge is -1.98. The summed E-state index contributed by atoms with van der Waals surface area (Å²) in [7, 11) is 0. The van der Waals surface area contributed by atoms with Gasteiger partial charge in [0.2, 0.25) is 0 Å². The van der Waals surface area contributed by atoms with E-state index in [2.05, 4.69) is 27.4 Å². The van der Waals surface area contributed by atoms with Crippen LogP contribution >= 0.6 is 0 Å². The highest BCUT2D eigenvalue weighted by Crippen LogP contribution is 1.84. The molecule has 62 valence electrons. The van der Waals surface area contributed by atoms with Gasteiger partial charge in [-0.05, 0) is 13.0 Å². The summed E-state index contributed by atoms with van der Waals surface area (Å²) >= 11 is 0. The first-order valence-corrected chi connectivity index (χ1v) is 3.98. The Morgan fingerprint density at radius 1 is 1.55 bits per heavy atom. The number of aromatic amines is 1. The van der Waals surface area contributed by atoms with Gasteiger partial charge in [-0.15, -0.1) is 0 Å². The van der Waals surface area contributed by atoms with Crippen LogP contribution in [0.4, 0.5) is 0 Å². The molecule has 0 fully saturated rings. The second-order valence-corrected chi connectivity index (χ2v) is 2.43. The van der Waals surface area contributed by atoms with Crippen molar-refractivity contribution in [3.05, 3.63) is 12.2 Å². The lowest BCUT2D eigenvalue weighted by molar-refractivity contribution is 0.659. The lowest BCUT2D eigenvalue weighted by atomic mass is 10.4. The third-order valence-corrected chi connectivity index (χ3v) is 1.43. The van der Waals surface area contributed by atoms with Crippen LogP contribution in [0.1, 0.15) is 19.2 Å². The summed E-state index contributed by atoms with van der Waals surface area (Å²) in [5, 5.41) is 9.86. The topological polar surface area (TPSA) is 53.6 Å². The van der Waals surface area contributed by atoms with Crippen molar-refractivity contribution in [3.8, 4) is 0 Å². The smallest absolute Gasteiger partial charge is 0.137 e. The molecule has 1 heterocycles. The van der Waals surface area contributed by atoms with Gasteiger partial charge in [0, 0.05) is 13.0 Å². The maximum absolute atomic E-state index is 4.01. The number of nitrogens with one attached hydrogen (secondary N) is 2. The Morgan fingerprint density at radius 3 is 3.09 bits per heavy atom. The molecule has 1 aromatic rings. The Balaban J connectivity index is 2.04. The molecule has 0 atom stereocenters. The Labute approximate surface area is 66.4 Å². The van der Waals surface area contributed by atoms with E-state index in [1.165, 1.54) is 12.7 Å². The predicted octanol–water partition coefficient (Wildman–Crippen LogP) is 0.347. The quantitative estimate of drug-likeness (QED) is 0.601. The second kappa shape index (κ2) is 4.85. The molecule has 2 N–H and O–H groups in total. The molecule has 0 radical (unpaired) electrons. The maximum atomic E-state index is 4.01. The van der Waals surface area contributed by atoms with Crippen LogP contribution in [-0.4, -0.2) is 28.3 Å². The number of hydrogen-bond donors (Lipinski definition) is 2. The molecule has 0 aliphatic rings. The van der Waals surface area contributed by atoms with Crippen LogP contribution in [0.5, 0.6) is 0 Å². The van der Waals surface area contributed by atoms with Crippen LogP contribution in [-0.2, 0) is 6.42 Å². The summed E-state index contributed by atoms with van der Waals surface area (Å²) in [6.45, 7) is 4.21. The molecule has 0 amide bonds. The largest absolute Gasteiger partial charge is 0.316 e. The van der Waals surface area contributed by atoms with Crippen molar-refractivity contribution in [1.82, 2.24) is 20.5 Å². The molecule has 0 aliphatic carbocycles. The molecule has 0 aromatic carbocycles. The van der Waals surface area contributed by atoms with E-state index < -0.39 is 0 Å². The highest BCUT2D eigenvalue weighted by molar-refractivity contribution is 4.80. The zero-order chi connectivity index (χ0) is 7.94. The van der Waals surface area contributed by atoms with E-state index in [-0.39, 0.29) is 0 Å². The van der Waals surface area contributed by atoms with Gasteiger partial charge in [0.15, 0.2) is 0 Å². The van der Waals surface area contributed by atoms with E-state index in [4.69, 9.17) is 0 Å².